The van der Waals surface area contributed by atoms with Crippen molar-refractivity contribution in [3.63, 3.8) is 0 Å². The highest BCUT2D eigenvalue weighted by molar-refractivity contribution is 5.85. The number of nitrogens with zero attached hydrogens (tertiary/aromatic N) is 1. The highest BCUT2D eigenvalue weighted by Gasteiger charge is 2.19. The van der Waals surface area contributed by atoms with Gasteiger partial charge in [-0.1, -0.05) is 29.8 Å². The molecule has 3 nitrogen and oxygen atoms in total. The molecule has 0 bridgehead atoms. The maximum absolute atomic E-state index is 12.1. The van der Waals surface area contributed by atoms with Gasteiger partial charge in [-0.2, -0.15) is 0 Å². The smallest absolute Gasteiger partial charge is 0.222 e. The molecule has 1 saturated heterocycles. The zero-order valence-corrected chi connectivity index (χ0v) is 12.5. The third-order valence-electron chi connectivity index (χ3n) is 3.47. The summed E-state index contributed by atoms with van der Waals surface area (Å²) in [5.74, 6) is 0.281. The second kappa shape index (κ2) is 7.51. The van der Waals surface area contributed by atoms with E-state index in [0.29, 0.717) is 12.5 Å². The average Bonchev–Trinajstić information content (AvgIpc) is 2.38. The summed E-state index contributed by atoms with van der Waals surface area (Å²) in [5.41, 5.74) is 2.51. The van der Waals surface area contributed by atoms with E-state index in [4.69, 9.17) is 0 Å². The first-order valence-electron chi connectivity index (χ1n) is 6.72. The molecule has 1 fully saturated rings. The number of hydrogen-bond donors (Lipinski definition) is 1. The van der Waals surface area contributed by atoms with Crippen molar-refractivity contribution >= 4 is 18.3 Å². The molecule has 0 spiro atoms. The van der Waals surface area contributed by atoms with Gasteiger partial charge in [0.2, 0.25) is 5.91 Å². The van der Waals surface area contributed by atoms with E-state index in [1.807, 2.05) is 4.90 Å². The molecule has 1 aliphatic heterocycles. The lowest BCUT2D eigenvalue weighted by Gasteiger charge is -2.32. The highest BCUT2D eigenvalue weighted by atomic mass is 35.5. The van der Waals surface area contributed by atoms with Gasteiger partial charge in [-0.05, 0) is 25.8 Å². The summed E-state index contributed by atoms with van der Waals surface area (Å²) >= 11 is 0. The van der Waals surface area contributed by atoms with Gasteiger partial charge in [-0.3, -0.25) is 4.79 Å². The van der Waals surface area contributed by atoms with Crippen molar-refractivity contribution in [3.05, 3.63) is 35.4 Å². The molecule has 0 radical (unpaired) electrons. The topological polar surface area (TPSA) is 32.3 Å². The van der Waals surface area contributed by atoms with Crippen LogP contribution in [0.25, 0.3) is 0 Å². The molecule has 1 atom stereocenters. The molecule has 4 heteroatoms. The Morgan fingerprint density at radius 1 is 1.37 bits per heavy atom. The molecule has 1 aromatic rings. The lowest BCUT2D eigenvalue weighted by Crippen LogP contribution is -2.51. The maximum atomic E-state index is 12.1. The van der Waals surface area contributed by atoms with E-state index in [2.05, 4.69) is 43.4 Å². The highest BCUT2D eigenvalue weighted by Crippen LogP contribution is 2.08. The lowest BCUT2D eigenvalue weighted by atomic mass is 10.1. The summed E-state index contributed by atoms with van der Waals surface area (Å²) in [6.45, 7) is 6.80. The van der Waals surface area contributed by atoms with E-state index >= 15 is 0 Å². The van der Waals surface area contributed by atoms with Crippen LogP contribution in [-0.4, -0.2) is 36.5 Å². The summed E-state index contributed by atoms with van der Waals surface area (Å²) in [7, 11) is 0. The van der Waals surface area contributed by atoms with Crippen LogP contribution >= 0.6 is 12.4 Å². The predicted molar refractivity (Wildman–Crippen MR) is 80.8 cm³/mol. The molecular formula is C15H23ClN2O. The first-order valence-corrected chi connectivity index (χ1v) is 6.72. The number of nitrogens with one attached hydrogen (secondary N) is 1. The first kappa shape index (κ1) is 16.0. The van der Waals surface area contributed by atoms with Crippen molar-refractivity contribution in [2.24, 2.45) is 0 Å². The Kier molecular flexibility index (Phi) is 6.32. The van der Waals surface area contributed by atoms with E-state index in [-0.39, 0.29) is 18.3 Å². The minimum atomic E-state index is 0. The van der Waals surface area contributed by atoms with Crippen LogP contribution < -0.4 is 5.32 Å². The molecule has 0 unspecified atom stereocenters. The molecule has 19 heavy (non-hydrogen) atoms. The fourth-order valence-electron chi connectivity index (χ4n) is 2.32. The molecule has 1 N–H and O–H groups in total. The minimum absolute atomic E-state index is 0. The van der Waals surface area contributed by atoms with Crippen molar-refractivity contribution < 1.29 is 4.79 Å². The van der Waals surface area contributed by atoms with Gasteiger partial charge in [0.15, 0.2) is 0 Å². The molecule has 106 valence electrons. The number of amides is 1. The van der Waals surface area contributed by atoms with E-state index in [0.717, 1.165) is 26.1 Å². The fraction of sp³-hybridized carbons (Fsp3) is 0.533. The quantitative estimate of drug-likeness (QED) is 0.922. The second-order valence-corrected chi connectivity index (χ2v) is 5.18. The Morgan fingerprint density at radius 3 is 2.68 bits per heavy atom. The number of benzene rings is 1. The first-order chi connectivity index (χ1) is 8.65. The van der Waals surface area contributed by atoms with Crippen LogP contribution in [-0.2, 0) is 11.2 Å². The van der Waals surface area contributed by atoms with Crippen molar-refractivity contribution in [3.8, 4) is 0 Å². The van der Waals surface area contributed by atoms with Gasteiger partial charge in [0.05, 0.1) is 0 Å². The third-order valence-corrected chi connectivity index (χ3v) is 3.47. The standard InChI is InChI=1S/C15H22N2O.ClH/c1-12-3-5-14(6-4-12)7-8-15(18)17-10-9-16-13(2)11-17;/h3-6,13,16H,7-11H2,1-2H3;1H/t13-;/m1./s1. The molecule has 2 rings (SSSR count). The number of aryl methyl sites for hydroxylation is 2. The van der Waals surface area contributed by atoms with Crippen molar-refractivity contribution in [1.82, 2.24) is 10.2 Å². The van der Waals surface area contributed by atoms with Crippen LogP contribution in [0.1, 0.15) is 24.5 Å². The van der Waals surface area contributed by atoms with Gasteiger partial charge in [0.25, 0.3) is 0 Å². The Balaban J connectivity index is 0.00000180. The SMILES string of the molecule is Cc1ccc(CCC(=O)N2CCN[C@H](C)C2)cc1.Cl. The molecule has 1 aromatic carbocycles. The van der Waals surface area contributed by atoms with Crippen molar-refractivity contribution in [2.45, 2.75) is 32.7 Å². The third kappa shape index (κ3) is 4.84. The predicted octanol–water partition coefficient (Wildman–Crippen LogP) is 2.17. The van der Waals surface area contributed by atoms with Crippen LogP contribution in [0, 0.1) is 6.92 Å². The van der Waals surface area contributed by atoms with Gasteiger partial charge in [-0.25, -0.2) is 0 Å². The molecule has 1 amide bonds. The summed E-state index contributed by atoms with van der Waals surface area (Å²) in [5, 5.41) is 3.35. The molecule has 1 heterocycles. The van der Waals surface area contributed by atoms with Crippen LogP contribution in [0.2, 0.25) is 0 Å². The number of halogens is 1. The number of carbonyl (C=O) groups is 1. The van der Waals surface area contributed by atoms with Crippen molar-refractivity contribution in [2.75, 3.05) is 19.6 Å². The number of hydrogen-bond acceptors (Lipinski definition) is 2. The maximum Gasteiger partial charge on any atom is 0.222 e. The Bertz CT molecular complexity index is 405. The molecular weight excluding hydrogens is 260 g/mol. The summed E-state index contributed by atoms with van der Waals surface area (Å²) in [6, 6.07) is 8.85. The number of rotatable bonds is 3. The van der Waals surface area contributed by atoms with Crippen LogP contribution in [0.15, 0.2) is 24.3 Å². The molecule has 1 aliphatic rings. The number of carbonyl (C=O) groups excluding carboxylic acids is 1. The second-order valence-electron chi connectivity index (χ2n) is 5.18. The molecule has 0 aromatic heterocycles. The summed E-state index contributed by atoms with van der Waals surface area (Å²) < 4.78 is 0. The van der Waals surface area contributed by atoms with Crippen LogP contribution in [0.5, 0.6) is 0 Å². The normalized spacial score (nSPS) is 18.8. The van der Waals surface area contributed by atoms with E-state index < -0.39 is 0 Å². The van der Waals surface area contributed by atoms with Crippen LogP contribution in [0.3, 0.4) is 0 Å². The minimum Gasteiger partial charge on any atom is -0.340 e. The average molecular weight is 283 g/mol. The Morgan fingerprint density at radius 2 is 2.05 bits per heavy atom. The van der Waals surface area contributed by atoms with Gasteiger partial charge in [0.1, 0.15) is 0 Å². The Labute approximate surface area is 121 Å². The fourth-order valence-corrected chi connectivity index (χ4v) is 2.32. The van der Waals surface area contributed by atoms with Gasteiger partial charge in [-0.15, -0.1) is 12.4 Å². The van der Waals surface area contributed by atoms with Crippen LogP contribution in [0.4, 0.5) is 0 Å². The van der Waals surface area contributed by atoms with E-state index in [1.54, 1.807) is 0 Å². The van der Waals surface area contributed by atoms with E-state index in [1.165, 1.54) is 11.1 Å². The van der Waals surface area contributed by atoms with Gasteiger partial charge < -0.3 is 10.2 Å². The zero-order chi connectivity index (χ0) is 13.0. The van der Waals surface area contributed by atoms with E-state index in [9.17, 15) is 4.79 Å². The molecule has 0 saturated carbocycles. The Hall–Kier alpha value is -1.06. The number of piperazine rings is 1. The zero-order valence-electron chi connectivity index (χ0n) is 11.7. The monoisotopic (exact) mass is 282 g/mol. The van der Waals surface area contributed by atoms with Gasteiger partial charge >= 0.3 is 0 Å². The van der Waals surface area contributed by atoms with Crippen molar-refractivity contribution in [1.29, 1.82) is 0 Å². The summed E-state index contributed by atoms with van der Waals surface area (Å²) in [4.78, 5) is 14.1. The van der Waals surface area contributed by atoms with Gasteiger partial charge in [0, 0.05) is 32.1 Å². The summed E-state index contributed by atoms with van der Waals surface area (Å²) in [6.07, 6.45) is 1.47. The largest absolute Gasteiger partial charge is 0.340 e. The lowest BCUT2D eigenvalue weighted by molar-refractivity contribution is -0.132. The molecule has 0 aliphatic carbocycles.